The van der Waals surface area contributed by atoms with Crippen LogP contribution in [0.25, 0.3) is 0 Å². The Hall–Kier alpha value is -1.43. The number of nitrogens with one attached hydrogen (secondary N) is 2. The van der Waals surface area contributed by atoms with Crippen molar-refractivity contribution in [2.45, 2.75) is 44.4 Å². The molecule has 1 amide bonds. The van der Waals surface area contributed by atoms with Gasteiger partial charge in [0.2, 0.25) is 5.91 Å². The molecule has 0 aromatic carbocycles. The van der Waals surface area contributed by atoms with Crippen LogP contribution in [0.3, 0.4) is 0 Å². The molecule has 0 aliphatic carbocycles. The van der Waals surface area contributed by atoms with Gasteiger partial charge in [0.25, 0.3) is 0 Å². The third-order valence-corrected chi connectivity index (χ3v) is 4.82. The number of nitrogens with zero attached hydrogens (tertiary/aromatic N) is 3. The molecule has 2 saturated heterocycles. The van der Waals surface area contributed by atoms with E-state index in [9.17, 15) is 4.79 Å². The number of carbonyl (C=O) groups excluding carboxylic acids is 1. The number of piperidine rings is 2. The summed E-state index contributed by atoms with van der Waals surface area (Å²) in [5.74, 6) is 2.29. The normalized spacial score (nSPS) is 24.2. The Morgan fingerprint density at radius 1 is 1.33 bits per heavy atom. The number of aromatic nitrogens is 3. The molecule has 0 saturated carbocycles. The van der Waals surface area contributed by atoms with Gasteiger partial charge in [-0.25, -0.2) is 4.98 Å². The fourth-order valence-corrected chi connectivity index (χ4v) is 3.49. The van der Waals surface area contributed by atoms with Crippen molar-refractivity contribution in [1.29, 1.82) is 0 Å². The Balaban J connectivity index is 1.47. The maximum atomic E-state index is 12.4. The third kappa shape index (κ3) is 3.81. The Morgan fingerprint density at radius 2 is 2.19 bits per heavy atom. The van der Waals surface area contributed by atoms with E-state index >= 15 is 0 Å². The smallest absolute Gasteiger partial charge is 0.222 e. The molecule has 116 valence electrons. The van der Waals surface area contributed by atoms with Gasteiger partial charge in [-0.05, 0) is 51.1 Å². The topological polar surface area (TPSA) is 73.9 Å². The number of hydrogen-bond donors (Lipinski definition) is 2. The first-order valence-electron chi connectivity index (χ1n) is 8.16. The van der Waals surface area contributed by atoms with E-state index in [0.717, 1.165) is 57.2 Å². The minimum absolute atomic E-state index is 0.317. The summed E-state index contributed by atoms with van der Waals surface area (Å²) in [6.07, 6.45) is 7.88. The molecule has 1 aromatic heterocycles. The van der Waals surface area contributed by atoms with Crippen LogP contribution in [-0.2, 0) is 4.79 Å². The first-order valence-corrected chi connectivity index (χ1v) is 8.16. The molecule has 6 heteroatoms. The Kier molecular flexibility index (Phi) is 4.85. The van der Waals surface area contributed by atoms with Gasteiger partial charge in [0.1, 0.15) is 12.2 Å². The average Bonchev–Trinajstić information content (AvgIpc) is 3.08. The molecule has 3 heterocycles. The molecule has 1 atom stereocenters. The SMILES string of the molecule is O=C(CCC1CCNCC1)N1CCCC(c2ncn[nH]2)C1. The summed E-state index contributed by atoms with van der Waals surface area (Å²) in [4.78, 5) is 18.7. The van der Waals surface area contributed by atoms with E-state index in [1.54, 1.807) is 6.33 Å². The number of carbonyl (C=O) groups is 1. The molecular formula is C15H25N5O. The van der Waals surface area contributed by atoms with Gasteiger partial charge in [-0.2, -0.15) is 5.10 Å². The summed E-state index contributed by atoms with van der Waals surface area (Å²) in [5, 5.41) is 10.2. The Labute approximate surface area is 125 Å². The van der Waals surface area contributed by atoms with E-state index in [-0.39, 0.29) is 0 Å². The van der Waals surface area contributed by atoms with Gasteiger partial charge in [0.15, 0.2) is 0 Å². The van der Waals surface area contributed by atoms with E-state index in [4.69, 9.17) is 0 Å². The van der Waals surface area contributed by atoms with Crippen molar-refractivity contribution >= 4 is 5.91 Å². The quantitative estimate of drug-likeness (QED) is 0.876. The lowest BCUT2D eigenvalue weighted by atomic mass is 9.92. The van der Waals surface area contributed by atoms with Crippen molar-refractivity contribution in [2.75, 3.05) is 26.2 Å². The lowest BCUT2D eigenvalue weighted by molar-refractivity contribution is -0.132. The van der Waals surface area contributed by atoms with Crippen LogP contribution in [0, 0.1) is 5.92 Å². The van der Waals surface area contributed by atoms with Crippen LogP contribution < -0.4 is 5.32 Å². The fraction of sp³-hybridized carbons (Fsp3) is 0.800. The van der Waals surface area contributed by atoms with Crippen LogP contribution in [0.1, 0.15) is 50.3 Å². The summed E-state index contributed by atoms with van der Waals surface area (Å²) >= 11 is 0. The van der Waals surface area contributed by atoms with Crippen molar-refractivity contribution in [2.24, 2.45) is 5.92 Å². The lowest BCUT2D eigenvalue weighted by Crippen LogP contribution is -2.39. The van der Waals surface area contributed by atoms with Crippen molar-refractivity contribution in [3.05, 3.63) is 12.2 Å². The molecule has 0 spiro atoms. The highest BCUT2D eigenvalue weighted by Crippen LogP contribution is 2.25. The Morgan fingerprint density at radius 3 is 2.95 bits per heavy atom. The van der Waals surface area contributed by atoms with E-state index in [0.29, 0.717) is 18.2 Å². The minimum Gasteiger partial charge on any atom is -0.342 e. The summed E-state index contributed by atoms with van der Waals surface area (Å²) in [6, 6.07) is 0. The molecular weight excluding hydrogens is 266 g/mol. The number of rotatable bonds is 4. The fourth-order valence-electron chi connectivity index (χ4n) is 3.49. The van der Waals surface area contributed by atoms with Crippen LogP contribution >= 0.6 is 0 Å². The molecule has 1 aromatic rings. The van der Waals surface area contributed by atoms with E-state index in [1.807, 2.05) is 4.90 Å². The number of H-pyrrole nitrogens is 1. The first-order chi connectivity index (χ1) is 10.3. The largest absolute Gasteiger partial charge is 0.342 e. The summed E-state index contributed by atoms with van der Waals surface area (Å²) in [7, 11) is 0. The minimum atomic E-state index is 0.317. The van der Waals surface area contributed by atoms with Crippen LogP contribution in [0.15, 0.2) is 6.33 Å². The molecule has 3 rings (SSSR count). The van der Waals surface area contributed by atoms with Crippen molar-refractivity contribution in [3.63, 3.8) is 0 Å². The molecule has 6 nitrogen and oxygen atoms in total. The van der Waals surface area contributed by atoms with Gasteiger partial charge in [0.05, 0.1) is 0 Å². The number of amides is 1. The van der Waals surface area contributed by atoms with Crippen LogP contribution in [0.5, 0.6) is 0 Å². The highest BCUT2D eigenvalue weighted by molar-refractivity contribution is 5.76. The zero-order valence-corrected chi connectivity index (χ0v) is 12.6. The number of likely N-dealkylation sites (tertiary alicyclic amines) is 1. The molecule has 2 N–H and O–H groups in total. The Bertz CT molecular complexity index is 441. The molecule has 0 radical (unpaired) electrons. The standard InChI is InChI=1S/C15H25N5O/c21-14(4-3-12-5-7-16-8-6-12)20-9-1-2-13(10-20)15-17-11-18-19-15/h11-13,16H,1-10H2,(H,17,18,19). The lowest BCUT2D eigenvalue weighted by Gasteiger charge is -2.32. The second kappa shape index (κ2) is 7.02. The predicted molar refractivity (Wildman–Crippen MR) is 79.8 cm³/mol. The highest BCUT2D eigenvalue weighted by Gasteiger charge is 2.26. The molecule has 2 aliphatic heterocycles. The summed E-state index contributed by atoms with van der Waals surface area (Å²) in [5.41, 5.74) is 0. The molecule has 21 heavy (non-hydrogen) atoms. The van der Waals surface area contributed by atoms with Gasteiger partial charge < -0.3 is 10.2 Å². The second-order valence-electron chi connectivity index (χ2n) is 6.28. The van der Waals surface area contributed by atoms with Gasteiger partial charge in [-0.15, -0.1) is 0 Å². The summed E-state index contributed by atoms with van der Waals surface area (Å²) < 4.78 is 0. The third-order valence-electron chi connectivity index (χ3n) is 4.82. The monoisotopic (exact) mass is 291 g/mol. The summed E-state index contributed by atoms with van der Waals surface area (Å²) in [6.45, 7) is 3.90. The highest BCUT2D eigenvalue weighted by atomic mass is 16.2. The van der Waals surface area contributed by atoms with E-state index in [1.165, 1.54) is 12.8 Å². The van der Waals surface area contributed by atoms with Gasteiger partial charge in [0, 0.05) is 25.4 Å². The maximum Gasteiger partial charge on any atom is 0.222 e. The van der Waals surface area contributed by atoms with Gasteiger partial charge >= 0.3 is 0 Å². The zero-order valence-electron chi connectivity index (χ0n) is 12.6. The predicted octanol–water partition coefficient (Wildman–Crippen LogP) is 1.29. The molecule has 2 aliphatic rings. The van der Waals surface area contributed by atoms with Crippen LogP contribution in [0.2, 0.25) is 0 Å². The molecule has 1 unspecified atom stereocenters. The molecule has 2 fully saturated rings. The average molecular weight is 291 g/mol. The van der Waals surface area contributed by atoms with Gasteiger partial charge in [-0.1, -0.05) is 0 Å². The number of aromatic amines is 1. The van der Waals surface area contributed by atoms with E-state index in [2.05, 4.69) is 20.5 Å². The van der Waals surface area contributed by atoms with Crippen molar-refractivity contribution < 1.29 is 4.79 Å². The van der Waals surface area contributed by atoms with Crippen LogP contribution in [-0.4, -0.2) is 52.2 Å². The van der Waals surface area contributed by atoms with Crippen molar-refractivity contribution in [3.8, 4) is 0 Å². The molecule has 0 bridgehead atoms. The van der Waals surface area contributed by atoms with Gasteiger partial charge in [-0.3, -0.25) is 9.89 Å². The maximum absolute atomic E-state index is 12.4. The first kappa shape index (κ1) is 14.5. The second-order valence-corrected chi connectivity index (χ2v) is 6.28. The van der Waals surface area contributed by atoms with Crippen LogP contribution in [0.4, 0.5) is 0 Å². The number of hydrogen-bond acceptors (Lipinski definition) is 4. The van der Waals surface area contributed by atoms with E-state index < -0.39 is 0 Å². The zero-order chi connectivity index (χ0) is 14.5. The van der Waals surface area contributed by atoms with Crippen molar-refractivity contribution in [1.82, 2.24) is 25.4 Å².